The summed E-state index contributed by atoms with van der Waals surface area (Å²) < 4.78 is 27.5. The summed E-state index contributed by atoms with van der Waals surface area (Å²) in [5.74, 6) is 0.301. The van der Waals surface area contributed by atoms with Crippen molar-refractivity contribution >= 4 is 26.7 Å². The SMILES string of the molecule is CC(C)C(C)NC(=O)C1CCN(S(=O)(=O)c2ccc3ccccc3c2)CC1. The number of nitrogens with zero attached hydrogens (tertiary/aromatic N) is 1. The summed E-state index contributed by atoms with van der Waals surface area (Å²) in [4.78, 5) is 12.7. The van der Waals surface area contributed by atoms with E-state index in [1.54, 1.807) is 12.1 Å². The third-order valence-electron chi connectivity index (χ3n) is 5.55. The zero-order valence-electron chi connectivity index (χ0n) is 16.2. The van der Waals surface area contributed by atoms with Crippen molar-refractivity contribution in [2.75, 3.05) is 13.1 Å². The number of rotatable bonds is 5. The number of benzene rings is 2. The molecule has 0 radical (unpaired) electrons. The second-order valence-electron chi connectivity index (χ2n) is 7.73. The van der Waals surface area contributed by atoms with E-state index in [0.29, 0.717) is 36.7 Å². The molecule has 1 amide bonds. The summed E-state index contributed by atoms with van der Waals surface area (Å²) >= 11 is 0. The summed E-state index contributed by atoms with van der Waals surface area (Å²) in [5, 5.41) is 4.98. The van der Waals surface area contributed by atoms with E-state index in [-0.39, 0.29) is 17.9 Å². The molecule has 1 N–H and O–H groups in total. The van der Waals surface area contributed by atoms with Crippen LogP contribution in [0.1, 0.15) is 33.6 Å². The van der Waals surface area contributed by atoms with Crippen molar-refractivity contribution in [3.8, 4) is 0 Å². The minimum Gasteiger partial charge on any atom is -0.353 e. The Hall–Kier alpha value is -1.92. The number of carbonyl (C=O) groups is 1. The van der Waals surface area contributed by atoms with Crippen molar-refractivity contribution < 1.29 is 13.2 Å². The number of amides is 1. The first-order valence-electron chi connectivity index (χ1n) is 9.58. The van der Waals surface area contributed by atoms with Gasteiger partial charge >= 0.3 is 0 Å². The second kappa shape index (κ2) is 7.98. The van der Waals surface area contributed by atoms with E-state index >= 15 is 0 Å². The van der Waals surface area contributed by atoms with Gasteiger partial charge in [0.15, 0.2) is 0 Å². The second-order valence-corrected chi connectivity index (χ2v) is 9.67. The zero-order valence-corrected chi connectivity index (χ0v) is 17.0. The molecule has 1 aliphatic heterocycles. The monoisotopic (exact) mass is 388 g/mol. The van der Waals surface area contributed by atoms with Gasteiger partial charge in [-0.1, -0.05) is 44.2 Å². The first kappa shape index (κ1) is 19.8. The molecule has 2 aromatic carbocycles. The molecule has 0 saturated carbocycles. The van der Waals surface area contributed by atoms with Gasteiger partial charge in [-0.05, 0) is 48.6 Å². The molecule has 1 fully saturated rings. The van der Waals surface area contributed by atoms with Crippen molar-refractivity contribution in [2.45, 2.75) is 44.6 Å². The smallest absolute Gasteiger partial charge is 0.243 e. The van der Waals surface area contributed by atoms with Gasteiger partial charge in [0.25, 0.3) is 0 Å². The van der Waals surface area contributed by atoms with E-state index in [1.165, 1.54) is 4.31 Å². The average molecular weight is 389 g/mol. The maximum absolute atomic E-state index is 13.0. The predicted molar refractivity (Wildman–Crippen MR) is 108 cm³/mol. The molecule has 146 valence electrons. The van der Waals surface area contributed by atoms with Gasteiger partial charge in [-0.3, -0.25) is 4.79 Å². The Morgan fingerprint density at radius 3 is 2.30 bits per heavy atom. The van der Waals surface area contributed by atoms with Crippen LogP contribution in [0.4, 0.5) is 0 Å². The lowest BCUT2D eigenvalue weighted by atomic mass is 9.96. The molecule has 1 atom stereocenters. The van der Waals surface area contributed by atoms with Crippen molar-refractivity contribution in [1.29, 1.82) is 0 Å². The Morgan fingerprint density at radius 2 is 1.67 bits per heavy atom. The molecule has 0 spiro atoms. The fourth-order valence-electron chi connectivity index (χ4n) is 3.34. The molecule has 27 heavy (non-hydrogen) atoms. The summed E-state index contributed by atoms with van der Waals surface area (Å²) in [5.41, 5.74) is 0. The summed E-state index contributed by atoms with van der Waals surface area (Å²) in [7, 11) is -3.54. The van der Waals surface area contributed by atoms with Gasteiger partial charge in [-0.25, -0.2) is 8.42 Å². The molecule has 0 aromatic heterocycles. The number of hydrogen-bond acceptors (Lipinski definition) is 3. The highest BCUT2D eigenvalue weighted by Gasteiger charge is 2.32. The quantitative estimate of drug-likeness (QED) is 0.854. The molecule has 2 aromatic rings. The average Bonchev–Trinajstić information content (AvgIpc) is 2.67. The van der Waals surface area contributed by atoms with E-state index in [4.69, 9.17) is 0 Å². The van der Waals surface area contributed by atoms with Gasteiger partial charge in [0, 0.05) is 25.0 Å². The van der Waals surface area contributed by atoms with Crippen LogP contribution in [0.15, 0.2) is 47.4 Å². The lowest BCUT2D eigenvalue weighted by molar-refractivity contribution is -0.127. The summed E-state index contributed by atoms with van der Waals surface area (Å²) in [6.07, 6.45) is 1.12. The number of carbonyl (C=O) groups excluding carboxylic acids is 1. The van der Waals surface area contributed by atoms with E-state index in [9.17, 15) is 13.2 Å². The fraction of sp³-hybridized carbons (Fsp3) is 0.476. The number of piperidine rings is 1. The van der Waals surface area contributed by atoms with Crippen molar-refractivity contribution in [3.05, 3.63) is 42.5 Å². The largest absolute Gasteiger partial charge is 0.353 e. The first-order valence-corrected chi connectivity index (χ1v) is 11.0. The minimum atomic E-state index is -3.54. The van der Waals surface area contributed by atoms with Crippen LogP contribution in [0.25, 0.3) is 10.8 Å². The van der Waals surface area contributed by atoms with Gasteiger partial charge in [-0.2, -0.15) is 4.31 Å². The normalized spacial score (nSPS) is 17.9. The summed E-state index contributed by atoms with van der Waals surface area (Å²) in [6.45, 7) is 6.90. The Balaban J connectivity index is 1.68. The maximum Gasteiger partial charge on any atom is 0.243 e. The van der Waals surface area contributed by atoms with Crippen LogP contribution < -0.4 is 5.32 Å². The topological polar surface area (TPSA) is 66.5 Å². The number of nitrogens with one attached hydrogen (secondary N) is 1. The molecule has 6 heteroatoms. The lowest BCUT2D eigenvalue weighted by Crippen LogP contribution is -2.45. The number of hydrogen-bond donors (Lipinski definition) is 1. The van der Waals surface area contributed by atoms with Crippen LogP contribution >= 0.6 is 0 Å². The van der Waals surface area contributed by atoms with Crippen LogP contribution in [0.2, 0.25) is 0 Å². The van der Waals surface area contributed by atoms with Gasteiger partial charge < -0.3 is 5.32 Å². The fourth-order valence-corrected chi connectivity index (χ4v) is 4.85. The highest BCUT2D eigenvalue weighted by Crippen LogP contribution is 2.26. The molecule has 1 aliphatic rings. The number of sulfonamides is 1. The lowest BCUT2D eigenvalue weighted by Gasteiger charge is -2.31. The van der Waals surface area contributed by atoms with Crippen LogP contribution in [-0.2, 0) is 14.8 Å². The van der Waals surface area contributed by atoms with Gasteiger partial charge in [0.2, 0.25) is 15.9 Å². The summed E-state index contributed by atoms with van der Waals surface area (Å²) in [6, 6.07) is 13.1. The first-order chi connectivity index (χ1) is 12.8. The molecule has 1 unspecified atom stereocenters. The molecule has 0 aliphatic carbocycles. The van der Waals surface area contributed by atoms with Gasteiger partial charge in [0.05, 0.1) is 4.90 Å². The highest BCUT2D eigenvalue weighted by atomic mass is 32.2. The van der Waals surface area contributed by atoms with Crippen LogP contribution in [0.5, 0.6) is 0 Å². The zero-order chi connectivity index (χ0) is 19.6. The Labute approximate surface area is 161 Å². The van der Waals surface area contributed by atoms with Crippen molar-refractivity contribution in [1.82, 2.24) is 9.62 Å². The molecule has 1 saturated heterocycles. The van der Waals surface area contributed by atoms with Crippen LogP contribution in [0.3, 0.4) is 0 Å². The standard InChI is InChI=1S/C21H28N2O3S/c1-15(2)16(3)22-21(24)18-10-12-23(13-11-18)27(25,26)20-9-8-17-6-4-5-7-19(17)14-20/h4-9,14-16,18H,10-13H2,1-3H3,(H,22,24). The van der Waals surface area contributed by atoms with Gasteiger partial charge in [0.1, 0.15) is 0 Å². The van der Waals surface area contributed by atoms with Crippen LogP contribution in [-0.4, -0.2) is 37.8 Å². The third-order valence-corrected chi connectivity index (χ3v) is 7.45. The molecular weight excluding hydrogens is 360 g/mol. The molecule has 3 rings (SSSR count). The van der Waals surface area contributed by atoms with Crippen molar-refractivity contribution in [3.63, 3.8) is 0 Å². The molecule has 5 nitrogen and oxygen atoms in total. The van der Waals surface area contributed by atoms with E-state index in [2.05, 4.69) is 19.2 Å². The highest BCUT2D eigenvalue weighted by molar-refractivity contribution is 7.89. The molecular formula is C21H28N2O3S. The van der Waals surface area contributed by atoms with E-state index in [0.717, 1.165) is 10.8 Å². The minimum absolute atomic E-state index is 0.0407. The Morgan fingerprint density at radius 1 is 1.04 bits per heavy atom. The van der Waals surface area contributed by atoms with Crippen LogP contribution in [0, 0.1) is 11.8 Å². The predicted octanol–water partition coefficient (Wildman–Crippen LogP) is 3.40. The van der Waals surface area contributed by atoms with Gasteiger partial charge in [-0.15, -0.1) is 0 Å². The maximum atomic E-state index is 13.0. The van der Waals surface area contributed by atoms with E-state index < -0.39 is 10.0 Å². The Kier molecular flexibility index (Phi) is 5.86. The molecule has 0 bridgehead atoms. The Bertz CT molecular complexity index is 916. The molecule has 1 heterocycles. The van der Waals surface area contributed by atoms with Crippen molar-refractivity contribution in [2.24, 2.45) is 11.8 Å². The number of fused-ring (bicyclic) bond motifs is 1. The van der Waals surface area contributed by atoms with E-state index in [1.807, 2.05) is 37.3 Å². The third kappa shape index (κ3) is 4.33.